The number of thiazole rings is 1. The fourth-order valence-corrected chi connectivity index (χ4v) is 7.41. The molecule has 0 spiro atoms. The number of benzene rings is 1. The summed E-state index contributed by atoms with van der Waals surface area (Å²) in [6.07, 6.45) is 3.42. The Morgan fingerprint density at radius 3 is 2.49 bits per heavy atom. The maximum Gasteiger partial charge on any atom is 0.224 e. The predicted octanol–water partition coefficient (Wildman–Crippen LogP) is 4.55. The number of fused-ring (bicyclic) bond motifs is 1. The molecule has 1 fully saturated rings. The van der Waals surface area contributed by atoms with Crippen molar-refractivity contribution < 1.29 is 22.8 Å². The van der Waals surface area contributed by atoms with Gasteiger partial charge in [0.15, 0.2) is 15.6 Å². The highest BCUT2D eigenvalue weighted by Crippen LogP contribution is 2.27. The highest BCUT2D eigenvalue weighted by molar-refractivity contribution is 7.91. The zero-order valence-electron chi connectivity index (χ0n) is 24.9. The van der Waals surface area contributed by atoms with Crippen LogP contribution in [0.25, 0.3) is 10.2 Å². The molecule has 3 atom stereocenters. The van der Waals surface area contributed by atoms with Crippen molar-refractivity contribution in [2.75, 3.05) is 31.1 Å². The van der Waals surface area contributed by atoms with Crippen molar-refractivity contribution >= 4 is 48.9 Å². The zero-order valence-corrected chi connectivity index (χ0v) is 26.5. The molecule has 0 saturated carbocycles. The summed E-state index contributed by atoms with van der Waals surface area (Å²) in [5, 5.41) is 4.02. The van der Waals surface area contributed by atoms with Crippen LogP contribution in [-0.2, 0) is 37.1 Å². The molecule has 1 N–H and O–H groups in total. The monoisotopic (exact) mass is 603 g/mol. The van der Waals surface area contributed by atoms with Crippen molar-refractivity contribution in [1.82, 2.24) is 15.2 Å². The van der Waals surface area contributed by atoms with Gasteiger partial charge in [-0.05, 0) is 36.5 Å². The third kappa shape index (κ3) is 9.82. The molecule has 0 bridgehead atoms. The number of hydrogen-bond acceptors (Lipinski definition) is 8. The van der Waals surface area contributed by atoms with E-state index in [0.29, 0.717) is 44.5 Å². The molecule has 1 aromatic heterocycles. The van der Waals surface area contributed by atoms with Crippen LogP contribution in [0.3, 0.4) is 0 Å². The Bertz CT molecular complexity index is 1340. The van der Waals surface area contributed by atoms with Crippen LogP contribution in [-0.4, -0.2) is 73.0 Å². The standard InChI is InChI=1S/C31H45N3O5S2/c1-6-21(4)26(11-12-28(36)22(5)20-34-13-15-41(38,39)16-14-34)33-31(37)24(18-25(35)8-3)19-30-32-27-10-9-23(7-2)17-29(27)40-30/h9-10,17,21,24,26H,5-8,11-16,18-20H2,1-4H3,(H,33,37)/t21-,24-,26+/m0/s1. The first-order valence-corrected chi connectivity index (χ1v) is 17.4. The summed E-state index contributed by atoms with van der Waals surface area (Å²) in [6.45, 7) is 13.2. The van der Waals surface area contributed by atoms with E-state index in [1.165, 1.54) is 5.56 Å². The number of aromatic nitrogens is 1. The molecule has 1 amide bonds. The second-order valence-electron chi connectivity index (χ2n) is 11.3. The number of nitrogens with one attached hydrogen (secondary N) is 1. The van der Waals surface area contributed by atoms with Crippen LogP contribution in [0.4, 0.5) is 0 Å². The molecular formula is C31H45N3O5S2. The molecule has 0 unspecified atom stereocenters. The van der Waals surface area contributed by atoms with Gasteiger partial charge in [0, 0.05) is 56.9 Å². The van der Waals surface area contributed by atoms with Gasteiger partial charge in [-0.25, -0.2) is 13.4 Å². The van der Waals surface area contributed by atoms with E-state index in [0.717, 1.165) is 28.1 Å². The van der Waals surface area contributed by atoms with Crippen LogP contribution in [0.5, 0.6) is 0 Å². The predicted molar refractivity (Wildman–Crippen MR) is 166 cm³/mol. The summed E-state index contributed by atoms with van der Waals surface area (Å²) in [7, 11) is -2.98. The Kier molecular flexibility index (Phi) is 12.2. The largest absolute Gasteiger partial charge is 0.353 e. The molecule has 0 radical (unpaired) electrons. The third-order valence-electron chi connectivity index (χ3n) is 8.15. The van der Waals surface area contributed by atoms with Crippen molar-refractivity contribution in [3.05, 3.63) is 40.9 Å². The van der Waals surface area contributed by atoms with Gasteiger partial charge in [-0.15, -0.1) is 11.3 Å². The number of sulfone groups is 1. The molecule has 41 heavy (non-hydrogen) atoms. The molecule has 2 heterocycles. The number of Topliss-reactive ketones (excluding diaryl/α,β-unsaturated/α-hetero) is 2. The van der Waals surface area contributed by atoms with Gasteiger partial charge in [0.1, 0.15) is 5.78 Å². The number of hydrogen-bond donors (Lipinski definition) is 1. The molecule has 10 heteroatoms. The molecule has 3 rings (SSSR count). The van der Waals surface area contributed by atoms with E-state index in [1.54, 1.807) is 11.3 Å². The van der Waals surface area contributed by atoms with E-state index in [1.807, 2.05) is 17.9 Å². The van der Waals surface area contributed by atoms with Gasteiger partial charge in [0.2, 0.25) is 5.91 Å². The maximum absolute atomic E-state index is 13.6. The lowest BCUT2D eigenvalue weighted by Gasteiger charge is -2.28. The Labute approximate surface area is 248 Å². The van der Waals surface area contributed by atoms with Gasteiger partial charge in [-0.1, -0.05) is 46.8 Å². The molecule has 2 aromatic rings. The SMILES string of the molecule is C=C(CN1CCS(=O)(=O)CC1)C(=O)CC[C@@H](NC(=O)[C@@H](CC(=O)CC)Cc1nc2ccc(CC)cc2s1)[C@@H](C)CC. The Balaban J connectivity index is 1.64. The van der Waals surface area contributed by atoms with E-state index in [-0.39, 0.29) is 53.8 Å². The Morgan fingerprint density at radius 1 is 1.15 bits per heavy atom. The van der Waals surface area contributed by atoms with Crippen LogP contribution in [0, 0.1) is 11.8 Å². The van der Waals surface area contributed by atoms with Gasteiger partial charge < -0.3 is 5.32 Å². The summed E-state index contributed by atoms with van der Waals surface area (Å²) in [5.74, 6) is -0.377. The topological polar surface area (TPSA) is 114 Å². The summed E-state index contributed by atoms with van der Waals surface area (Å²) >= 11 is 1.57. The number of amides is 1. The fraction of sp³-hybridized carbons (Fsp3) is 0.613. The van der Waals surface area contributed by atoms with Gasteiger partial charge >= 0.3 is 0 Å². The van der Waals surface area contributed by atoms with Crippen molar-refractivity contribution in [2.24, 2.45) is 11.8 Å². The first-order valence-electron chi connectivity index (χ1n) is 14.8. The van der Waals surface area contributed by atoms with E-state index >= 15 is 0 Å². The molecule has 1 aliphatic heterocycles. The molecule has 1 aliphatic rings. The Hall–Kier alpha value is -2.43. The molecule has 1 aromatic carbocycles. The molecule has 0 aliphatic carbocycles. The molecule has 1 saturated heterocycles. The number of ketones is 2. The summed E-state index contributed by atoms with van der Waals surface area (Å²) in [6, 6.07) is 6.00. The number of carbonyl (C=O) groups excluding carboxylic acids is 3. The maximum atomic E-state index is 13.6. The third-order valence-corrected chi connectivity index (χ3v) is 10.8. The van der Waals surface area contributed by atoms with Gasteiger partial charge in [0.25, 0.3) is 0 Å². The van der Waals surface area contributed by atoms with Gasteiger partial charge in [-0.3, -0.25) is 19.3 Å². The highest BCUT2D eigenvalue weighted by Gasteiger charge is 2.28. The average Bonchev–Trinajstić information content (AvgIpc) is 3.36. The minimum absolute atomic E-state index is 0.0385. The summed E-state index contributed by atoms with van der Waals surface area (Å²) in [5.41, 5.74) is 2.61. The first kappa shape index (κ1) is 33.1. The van der Waals surface area contributed by atoms with Crippen LogP contribution < -0.4 is 5.32 Å². The van der Waals surface area contributed by atoms with Crippen molar-refractivity contribution in [1.29, 1.82) is 0 Å². The van der Waals surface area contributed by atoms with Crippen molar-refractivity contribution in [3.63, 3.8) is 0 Å². The minimum Gasteiger partial charge on any atom is -0.353 e. The second-order valence-corrected chi connectivity index (χ2v) is 14.7. The smallest absolute Gasteiger partial charge is 0.224 e. The normalized spacial score (nSPS) is 17.6. The van der Waals surface area contributed by atoms with Crippen LogP contribution in [0.2, 0.25) is 0 Å². The summed E-state index contributed by atoms with van der Waals surface area (Å²) in [4.78, 5) is 45.7. The zero-order chi connectivity index (χ0) is 30.2. The van der Waals surface area contributed by atoms with Crippen molar-refractivity contribution in [3.8, 4) is 0 Å². The lowest BCUT2D eigenvalue weighted by Crippen LogP contribution is -2.44. The lowest BCUT2D eigenvalue weighted by atomic mass is 9.91. The van der Waals surface area contributed by atoms with Gasteiger partial charge in [0.05, 0.1) is 32.6 Å². The van der Waals surface area contributed by atoms with Gasteiger partial charge in [-0.2, -0.15) is 0 Å². The molecule has 8 nitrogen and oxygen atoms in total. The first-order chi connectivity index (χ1) is 19.4. The fourth-order valence-electron chi connectivity index (χ4n) is 5.03. The number of carbonyl (C=O) groups is 3. The van der Waals surface area contributed by atoms with Crippen LogP contribution in [0.15, 0.2) is 30.4 Å². The highest BCUT2D eigenvalue weighted by atomic mass is 32.2. The van der Waals surface area contributed by atoms with E-state index in [4.69, 9.17) is 4.98 Å². The van der Waals surface area contributed by atoms with Crippen molar-refractivity contribution in [2.45, 2.75) is 78.7 Å². The van der Waals surface area contributed by atoms with Crippen LogP contribution in [0.1, 0.15) is 70.4 Å². The molecule has 226 valence electrons. The summed E-state index contributed by atoms with van der Waals surface area (Å²) < 4.78 is 24.5. The van der Waals surface area contributed by atoms with E-state index in [9.17, 15) is 22.8 Å². The lowest BCUT2D eigenvalue weighted by molar-refractivity contribution is -0.130. The van der Waals surface area contributed by atoms with E-state index in [2.05, 4.69) is 44.8 Å². The second kappa shape index (κ2) is 15.2. The number of rotatable bonds is 16. The number of nitrogens with zero attached hydrogens (tertiary/aromatic N) is 2. The number of aryl methyl sites for hydroxylation is 1. The molecular weight excluding hydrogens is 558 g/mol. The minimum atomic E-state index is -2.98. The quantitative estimate of drug-likeness (QED) is 0.280. The Morgan fingerprint density at radius 2 is 1.85 bits per heavy atom. The van der Waals surface area contributed by atoms with Crippen LogP contribution >= 0.6 is 11.3 Å². The van der Waals surface area contributed by atoms with E-state index < -0.39 is 15.8 Å². The average molecular weight is 604 g/mol.